The number of hydrogen-bond acceptors (Lipinski definition) is 6. The van der Waals surface area contributed by atoms with Gasteiger partial charge in [-0.1, -0.05) is 24.3 Å². The molecule has 0 radical (unpaired) electrons. The fourth-order valence-electron chi connectivity index (χ4n) is 4.17. The summed E-state index contributed by atoms with van der Waals surface area (Å²) in [6, 6.07) is 9.80. The minimum absolute atomic E-state index is 0.0337. The van der Waals surface area contributed by atoms with E-state index >= 15 is 0 Å². The Morgan fingerprint density at radius 1 is 1.14 bits per heavy atom. The maximum atomic E-state index is 12.6. The lowest BCUT2D eigenvalue weighted by molar-refractivity contribution is -0.127. The SMILES string of the molecule is CC=CC(=O)N1CCCC1c1nc(-c2ccc(C(=O)Nc3ccc(C)cn3)cc2)c(C(N)=O)n1N. The first kappa shape index (κ1) is 23.7. The van der Waals surface area contributed by atoms with Crippen LogP contribution in [0.25, 0.3) is 11.3 Å². The second-order valence-electron chi connectivity index (χ2n) is 8.34. The summed E-state index contributed by atoms with van der Waals surface area (Å²) in [6.07, 6.45) is 6.30. The molecule has 1 aromatic carbocycles. The molecule has 0 aliphatic carbocycles. The van der Waals surface area contributed by atoms with Gasteiger partial charge in [0.15, 0.2) is 11.5 Å². The van der Waals surface area contributed by atoms with Crippen LogP contribution in [0.2, 0.25) is 0 Å². The summed E-state index contributed by atoms with van der Waals surface area (Å²) in [5, 5.41) is 2.74. The molecule has 1 saturated heterocycles. The second-order valence-corrected chi connectivity index (χ2v) is 8.34. The average molecular weight is 474 g/mol. The third-order valence-corrected chi connectivity index (χ3v) is 5.89. The van der Waals surface area contributed by atoms with Crippen molar-refractivity contribution in [1.82, 2.24) is 19.5 Å². The summed E-state index contributed by atoms with van der Waals surface area (Å²) in [5.74, 6) is 5.89. The van der Waals surface area contributed by atoms with Gasteiger partial charge in [-0.05, 0) is 56.5 Å². The van der Waals surface area contributed by atoms with Crippen LogP contribution in [0.3, 0.4) is 0 Å². The summed E-state index contributed by atoms with van der Waals surface area (Å²) in [6.45, 7) is 4.26. The van der Waals surface area contributed by atoms with Gasteiger partial charge in [0, 0.05) is 23.9 Å². The number of primary amides is 1. The number of likely N-dealkylation sites (tertiary alicyclic amines) is 1. The molecule has 1 unspecified atom stereocenters. The molecule has 4 rings (SSSR count). The Hall–Kier alpha value is -4.47. The van der Waals surface area contributed by atoms with Gasteiger partial charge in [0.1, 0.15) is 11.5 Å². The van der Waals surface area contributed by atoms with Crippen molar-refractivity contribution in [1.29, 1.82) is 0 Å². The fraction of sp³-hybridized carbons (Fsp3) is 0.240. The summed E-state index contributed by atoms with van der Waals surface area (Å²) < 4.78 is 1.17. The van der Waals surface area contributed by atoms with E-state index in [-0.39, 0.29) is 23.6 Å². The predicted octanol–water partition coefficient (Wildman–Crippen LogP) is 2.56. The molecule has 5 N–H and O–H groups in total. The molecular formula is C25H27N7O3. The van der Waals surface area contributed by atoms with Crippen molar-refractivity contribution in [3.05, 3.63) is 77.4 Å². The van der Waals surface area contributed by atoms with Crippen molar-refractivity contribution >= 4 is 23.5 Å². The number of nitrogens with zero attached hydrogens (tertiary/aromatic N) is 4. The Kier molecular flexibility index (Phi) is 6.63. The van der Waals surface area contributed by atoms with Crippen molar-refractivity contribution in [3.8, 4) is 11.3 Å². The van der Waals surface area contributed by atoms with Gasteiger partial charge in [0.05, 0.1) is 6.04 Å². The van der Waals surface area contributed by atoms with Crippen LogP contribution in [0.1, 0.15) is 58.0 Å². The van der Waals surface area contributed by atoms with Crippen LogP contribution in [0.15, 0.2) is 54.7 Å². The predicted molar refractivity (Wildman–Crippen MR) is 132 cm³/mol. The van der Waals surface area contributed by atoms with Crippen molar-refractivity contribution in [2.24, 2.45) is 5.73 Å². The Labute approximate surface area is 202 Å². The van der Waals surface area contributed by atoms with E-state index in [2.05, 4.69) is 15.3 Å². The first-order chi connectivity index (χ1) is 16.8. The number of nitrogens with one attached hydrogen (secondary N) is 1. The number of pyridine rings is 1. The molecule has 180 valence electrons. The van der Waals surface area contributed by atoms with E-state index in [1.165, 1.54) is 10.8 Å². The van der Waals surface area contributed by atoms with Gasteiger partial charge in [-0.2, -0.15) is 0 Å². The van der Waals surface area contributed by atoms with Crippen LogP contribution in [0.5, 0.6) is 0 Å². The lowest BCUT2D eigenvalue weighted by Crippen LogP contribution is -2.33. The first-order valence-corrected chi connectivity index (χ1v) is 11.3. The highest BCUT2D eigenvalue weighted by Crippen LogP contribution is 2.34. The minimum Gasteiger partial charge on any atom is -0.364 e. The number of nitrogens with two attached hydrogens (primary N) is 2. The average Bonchev–Trinajstić information content (AvgIpc) is 3.45. The topological polar surface area (TPSA) is 149 Å². The largest absolute Gasteiger partial charge is 0.364 e. The standard InChI is InChI=1S/C25H27N7O3/c1-3-5-20(33)31-13-4-6-18(31)24-30-21(22(23(26)34)32(24)27)16-8-10-17(11-9-16)25(35)29-19-12-7-15(2)14-28-19/h3,5,7-12,14,18H,4,6,13,27H2,1-2H3,(H2,26,34)(H,28,29,35). The highest BCUT2D eigenvalue weighted by Gasteiger charge is 2.34. The van der Waals surface area contributed by atoms with Crippen molar-refractivity contribution in [3.63, 3.8) is 0 Å². The van der Waals surface area contributed by atoms with E-state index in [4.69, 9.17) is 11.6 Å². The molecule has 0 saturated carbocycles. The third kappa shape index (κ3) is 4.77. The van der Waals surface area contributed by atoms with Gasteiger partial charge in [0.2, 0.25) is 5.91 Å². The van der Waals surface area contributed by atoms with Crippen LogP contribution in [0.4, 0.5) is 5.82 Å². The fourth-order valence-corrected chi connectivity index (χ4v) is 4.17. The smallest absolute Gasteiger partial charge is 0.269 e. The van der Waals surface area contributed by atoms with Crippen LogP contribution in [-0.2, 0) is 4.79 Å². The van der Waals surface area contributed by atoms with Crippen LogP contribution >= 0.6 is 0 Å². The summed E-state index contributed by atoms with van der Waals surface area (Å²) in [4.78, 5) is 47.9. The number of amides is 3. The zero-order valence-electron chi connectivity index (χ0n) is 19.6. The monoisotopic (exact) mass is 473 g/mol. The number of imidazole rings is 1. The molecule has 10 heteroatoms. The normalized spacial score (nSPS) is 15.5. The van der Waals surface area contributed by atoms with Crippen molar-refractivity contribution in [2.75, 3.05) is 17.7 Å². The number of nitrogen functional groups attached to an aromatic ring is 1. The maximum absolute atomic E-state index is 12.6. The van der Waals surface area contributed by atoms with Crippen molar-refractivity contribution < 1.29 is 14.4 Å². The lowest BCUT2D eigenvalue weighted by Gasteiger charge is -2.22. The molecule has 3 aromatic rings. The van der Waals surface area contributed by atoms with E-state index < -0.39 is 5.91 Å². The second kappa shape index (κ2) is 9.80. The van der Waals surface area contributed by atoms with E-state index in [0.717, 1.165) is 12.0 Å². The summed E-state index contributed by atoms with van der Waals surface area (Å²) in [5.41, 5.74) is 7.93. The molecule has 3 heterocycles. The van der Waals surface area contributed by atoms with Gasteiger partial charge in [0.25, 0.3) is 11.8 Å². The molecule has 1 aliphatic rings. The number of benzene rings is 1. The molecule has 3 amide bonds. The van der Waals surface area contributed by atoms with E-state index in [9.17, 15) is 14.4 Å². The van der Waals surface area contributed by atoms with Gasteiger partial charge in [-0.3, -0.25) is 14.4 Å². The van der Waals surface area contributed by atoms with E-state index in [1.807, 2.05) is 13.0 Å². The van der Waals surface area contributed by atoms with E-state index in [1.54, 1.807) is 54.4 Å². The van der Waals surface area contributed by atoms with Crippen LogP contribution in [-0.4, -0.2) is 43.8 Å². The quantitative estimate of drug-likeness (QED) is 0.370. The zero-order chi connectivity index (χ0) is 25.1. The summed E-state index contributed by atoms with van der Waals surface area (Å²) >= 11 is 0. The van der Waals surface area contributed by atoms with Gasteiger partial charge in [-0.25, -0.2) is 14.6 Å². The highest BCUT2D eigenvalue weighted by molar-refractivity contribution is 6.04. The number of carbonyl (C=O) groups is 3. The number of aryl methyl sites for hydroxylation is 1. The van der Waals surface area contributed by atoms with Gasteiger partial charge in [-0.15, -0.1) is 0 Å². The lowest BCUT2D eigenvalue weighted by atomic mass is 10.1. The Balaban J connectivity index is 1.63. The molecule has 1 fully saturated rings. The number of anilines is 1. The Morgan fingerprint density at radius 3 is 2.51 bits per heavy atom. The Bertz CT molecular complexity index is 1290. The minimum atomic E-state index is -0.738. The molecule has 0 spiro atoms. The molecule has 35 heavy (non-hydrogen) atoms. The van der Waals surface area contributed by atoms with Crippen LogP contribution in [0, 0.1) is 6.92 Å². The van der Waals surface area contributed by atoms with Gasteiger partial charge >= 0.3 is 0 Å². The Morgan fingerprint density at radius 2 is 1.89 bits per heavy atom. The first-order valence-electron chi connectivity index (χ1n) is 11.3. The molecule has 1 atom stereocenters. The molecule has 0 bridgehead atoms. The maximum Gasteiger partial charge on any atom is 0.269 e. The summed E-state index contributed by atoms with van der Waals surface area (Å²) in [7, 11) is 0. The van der Waals surface area contributed by atoms with Crippen molar-refractivity contribution in [2.45, 2.75) is 32.7 Å². The number of allylic oxidation sites excluding steroid dienone is 1. The molecule has 1 aliphatic heterocycles. The highest BCUT2D eigenvalue weighted by atomic mass is 16.2. The number of aromatic nitrogens is 3. The van der Waals surface area contributed by atoms with E-state index in [0.29, 0.717) is 41.4 Å². The molecule has 10 nitrogen and oxygen atoms in total. The number of rotatable bonds is 6. The van der Waals surface area contributed by atoms with Crippen LogP contribution < -0.4 is 16.9 Å². The van der Waals surface area contributed by atoms with Gasteiger partial charge < -0.3 is 21.8 Å². The number of carbonyl (C=O) groups excluding carboxylic acids is 3. The molecular weight excluding hydrogens is 446 g/mol. The number of hydrogen-bond donors (Lipinski definition) is 3. The molecule has 2 aromatic heterocycles. The third-order valence-electron chi connectivity index (χ3n) is 5.89. The zero-order valence-corrected chi connectivity index (χ0v) is 19.6.